The highest BCUT2D eigenvalue weighted by molar-refractivity contribution is 8.11. The Labute approximate surface area is 229 Å². The van der Waals surface area contributed by atoms with Crippen LogP contribution in [0.5, 0.6) is 0 Å². The van der Waals surface area contributed by atoms with Gasteiger partial charge in [0.15, 0.2) is 22.5 Å². The molecule has 0 atom stereocenters. The molecule has 4 rings (SSSR count). The Hall–Kier alpha value is -3.02. The van der Waals surface area contributed by atoms with Crippen LogP contribution in [0.3, 0.4) is 0 Å². The Bertz CT molecular complexity index is 1300. The van der Waals surface area contributed by atoms with Gasteiger partial charge in [0.2, 0.25) is 0 Å². The number of anilines is 1. The topological polar surface area (TPSA) is 106 Å². The van der Waals surface area contributed by atoms with Crippen LogP contribution in [0, 0.1) is 19.8 Å². The zero-order valence-electron chi connectivity index (χ0n) is 23.7. The molecule has 38 heavy (non-hydrogen) atoms. The van der Waals surface area contributed by atoms with Crippen LogP contribution < -0.4 is 4.90 Å². The van der Waals surface area contributed by atoms with Crippen LogP contribution in [0.25, 0.3) is 11.5 Å². The maximum absolute atomic E-state index is 5.41. The molecule has 0 unspecified atom stereocenters. The Kier molecular flexibility index (Phi) is 8.69. The molecule has 0 aliphatic carbocycles. The number of pyridine rings is 1. The predicted molar refractivity (Wildman–Crippen MR) is 154 cm³/mol. The van der Waals surface area contributed by atoms with Crippen LogP contribution in [-0.2, 0) is 9.22 Å². The zero-order chi connectivity index (χ0) is 27.6. The summed E-state index contributed by atoms with van der Waals surface area (Å²) in [5.41, 5.74) is 5.30. The quantitative estimate of drug-likeness (QED) is 0.186. The number of nitrogens with one attached hydrogen (secondary N) is 1. The molecular formula is C27H38N8O2S. The third kappa shape index (κ3) is 6.00. The van der Waals surface area contributed by atoms with E-state index in [0.717, 1.165) is 59.4 Å². The van der Waals surface area contributed by atoms with Crippen molar-refractivity contribution in [2.24, 2.45) is 16.0 Å². The van der Waals surface area contributed by atoms with Crippen molar-refractivity contribution in [2.75, 3.05) is 18.0 Å². The molecule has 4 heterocycles. The summed E-state index contributed by atoms with van der Waals surface area (Å²) in [4.78, 5) is 30.3. The Morgan fingerprint density at radius 1 is 1.11 bits per heavy atom. The van der Waals surface area contributed by atoms with Gasteiger partial charge < -0.3 is 9.88 Å². The minimum Gasteiger partial charge on any atom is -0.370 e. The Balaban J connectivity index is 1.77. The summed E-state index contributed by atoms with van der Waals surface area (Å²) >= 11 is 1.02. The SMILES string of the molecule is CCN(CC(C)C)c1ccc(N=C2C(SOOC(C)C)=Nn3c2nc(C(C)C)c3-c2nc(C)c(C)[nH]2)nc1. The smallest absolute Gasteiger partial charge is 0.183 e. The molecule has 0 bridgehead atoms. The summed E-state index contributed by atoms with van der Waals surface area (Å²) in [6, 6.07) is 3.98. The third-order valence-electron chi connectivity index (χ3n) is 6.02. The van der Waals surface area contributed by atoms with Crippen LogP contribution in [0.4, 0.5) is 11.5 Å². The van der Waals surface area contributed by atoms with E-state index in [1.807, 2.05) is 40.0 Å². The van der Waals surface area contributed by atoms with Gasteiger partial charge in [0.05, 0.1) is 41.4 Å². The second-order valence-corrected chi connectivity index (χ2v) is 11.1. The van der Waals surface area contributed by atoms with E-state index < -0.39 is 0 Å². The van der Waals surface area contributed by atoms with Crippen molar-refractivity contribution in [2.45, 2.75) is 74.3 Å². The maximum Gasteiger partial charge on any atom is 0.183 e. The van der Waals surface area contributed by atoms with Gasteiger partial charge in [0.1, 0.15) is 11.4 Å². The van der Waals surface area contributed by atoms with Gasteiger partial charge in [-0.1, -0.05) is 27.7 Å². The lowest BCUT2D eigenvalue weighted by atomic mass is 10.1. The second kappa shape index (κ2) is 11.8. The Morgan fingerprint density at radius 3 is 2.42 bits per heavy atom. The molecule has 204 valence electrons. The molecule has 1 aliphatic heterocycles. The molecule has 0 fully saturated rings. The first kappa shape index (κ1) is 28.0. The number of aliphatic imine (C=N–C) groups is 1. The minimum absolute atomic E-state index is 0.0966. The van der Waals surface area contributed by atoms with Gasteiger partial charge in [-0.3, -0.25) is 0 Å². The van der Waals surface area contributed by atoms with Crippen LogP contribution in [-0.4, -0.2) is 54.6 Å². The number of aryl methyl sites for hydroxylation is 2. The summed E-state index contributed by atoms with van der Waals surface area (Å²) in [6.45, 7) is 20.5. The molecule has 3 aromatic rings. The minimum atomic E-state index is -0.0966. The molecule has 0 saturated heterocycles. The van der Waals surface area contributed by atoms with Gasteiger partial charge in [-0.15, -0.1) is 0 Å². The van der Waals surface area contributed by atoms with Crippen LogP contribution in [0.15, 0.2) is 28.4 Å². The number of nitrogens with zero attached hydrogens (tertiary/aromatic N) is 7. The van der Waals surface area contributed by atoms with Crippen LogP contribution in [0.1, 0.15) is 77.3 Å². The van der Waals surface area contributed by atoms with Gasteiger partial charge in [-0.25, -0.2) is 29.5 Å². The fourth-order valence-electron chi connectivity index (χ4n) is 4.09. The number of hydrogen-bond acceptors (Lipinski definition) is 9. The first-order valence-electron chi connectivity index (χ1n) is 13.1. The average Bonchev–Trinajstić information content (AvgIpc) is 3.50. The number of rotatable bonds is 10. The number of aromatic nitrogens is 5. The molecule has 0 radical (unpaired) electrons. The Morgan fingerprint density at radius 2 is 1.87 bits per heavy atom. The lowest BCUT2D eigenvalue weighted by molar-refractivity contribution is -0.219. The van der Waals surface area contributed by atoms with E-state index in [1.54, 1.807) is 4.68 Å². The standard InChI is InChI=1S/C27H38N8O2S/c1-10-34(14-15(2)3)20-11-12-21(28-13-20)31-23-26-32-22(16(4)5)24(25-29-18(8)19(9)30-25)35(26)33-27(23)38-37-36-17(6)7/h11-13,15-17H,10,14H2,1-9H3,(H,29,30). The lowest BCUT2D eigenvalue weighted by Gasteiger charge is -2.24. The van der Waals surface area contributed by atoms with Crippen molar-refractivity contribution in [3.8, 4) is 11.5 Å². The molecule has 10 nitrogen and oxygen atoms in total. The molecule has 3 aromatic heterocycles. The number of H-pyrrole nitrogens is 1. The molecule has 1 N–H and O–H groups in total. The van der Waals surface area contributed by atoms with Crippen molar-refractivity contribution in [1.82, 2.24) is 24.6 Å². The average molecular weight is 539 g/mol. The first-order valence-corrected chi connectivity index (χ1v) is 13.9. The molecule has 11 heteroatoms. The highest BCUT2D eigenvalue weighted by atomic mass is 32.2. The molecule has 0 saturated carbocycles. The lowest BCUT2D eigenvalue weighted by Crippen LogP contribution is -2.27. The number of aromatic amines is 1. The van der Waals surface area contributed by atoms with E-state index in [-0.39, 0.29) is 12.0 Å². The van der Waals surface area contributed by atoms with Gasteiger partial charge in [-0.2, -0.15) is 9.44 Å². The van der Waals surface area contributed by atoms with Crippen LogP contribution >= 0.6 is 12.0 Å². The monoisotopic (exact) mass is 538 g/mol. The highest BCUT2D eigenvalue weighted by Crippen LogP contribution is 2.34. The summed E-state index contributed by atoms with van der Waals surface area (Å²) in [6.07, 6.45) is 1.77. The predicted octanol–water partition coefficient (Wildman–Crippen LogP) is 6.19. The second-order valence-electron chi connectivity index (χ2n) is 10.4. The summed E-state index contributed by atoms with van der Waals surface area (Å²) in [5.74, 6) is 2.62. The maximum atomic E-state index is 5.41. The van der Waals surface area contributed by atoms with Crippen LogP contribution in [0.2, 0.25) is 0 Å². The van der Waals surface area contributed by atoms with Crippen molar-refractivity contribution in [3.63, 3.8) is 0 Å². The fraction of sp³-hybridized carbons (Fsp3) is 0.519. The van der Waals surface area contributed by atoms with Crippen molar-refractivity contribution in [1.29, 1.82) is 0 Å². The number of hydrogen-bond donors (Lipinski definition) is 1. The summed E-state index contributed by atoms with van der Waals surface area (Å²) in [5, 5.41) is 5.37. The number of fused-ring (bicyclic) bond motifs is 1. The molecule has 0 amide bonds. The molecule has 0 aromatic carbocycles. The van der Waals surface area contributed by atoms with Crippen molar-refractivity contribution < 1.29 is 9.22 Å². The molecule has 1 aliphatic rings. The van der Waals surface area contributed by atoms with Gasteiger partial charge in [-0.05, 0) is 58.6 Å². The van der Waals surface area contributed by atoms with E-state index in [9.17, 15) is 0 Å². The summed E-state index contributed by atoms with van der Waals surface area (Å²) in [7, 11) is 0. The first-order chi connectivity index (χ1) is 18.1. The van der Waals surface area contributed by atoms with Gasteiger partial charge >= 0.3 is 0 Å². The van der Waals surface area contributed by atoms with Crippen molar-refractivity contribution in [3.05, 3.63) is 41.2 Å². The van der Waals surface area contributed by atoms with E-state index in [2.05, 4.69) is 55.6 Å². The van der Waals surface area contributed by atoms with E-state index >= 15 is 0 Å². The van der Waals surface area contributed by atoms with E-state index in [0.29, 0.717) is 28.3 Å². The summed E-state index contributed by atoms with van der Waals surface area (Å²) < 4.78 is 7.20. The third-order valence-corrected chi connectivity index (χ3v) is 6.60. The highest BCUT2D eigenvalue weighted by Gasteiger charge is 2.34. The van der Waals surface area contributed by atoms with E-state index in [1.165, 1.54) is 0 Å². The van der Waals surface area contributed by atoms with E-state index in [4.69, 9.17) is 29.3 Å². The largest absolute Gasteiger partial charge is 0.370 e. The number of imidazole rings is 2. The van der Waals surface area contributed by atoms with Crippen molar-refractivity contribution >= 4 is 34.3 Å². The normalized spacial score (nSPS) is 14.3. The van der Waals surface area contributed by atoms with Gasteiger partial charge in [0.25, 0.3) is 0 Å². The zero-order valence-corrected chi connectivity index (χ0v) is 24.6. The molecular weight excluding hydrogens is 500 g/mol. The fourth-order valence-corrected chi connectivity index (χ4v) is 4.68. The van der Waals surface area contributed by atoms with Gasteiger partial charge in [0, 0.05) is 18.8 Å². The molecule has 0 spiro atoms.